The standard InChI is InChI=1S/C40H52N4O2/c1-31-8-3-4-10-36(31)29-43-22-18-33-14-15-35(28-34(33)19-23-43)39(45)13-7-9-32-16-20-42(21-17-32)30-37-11-5-6-12-38(37)40(46)44-26-24-41(2)25-27-44/h3-6,8,10-12,14-15,28,32H,7,9,13,16-27,29-30H2,1-2H3. The van der Waals surface area contributed by atoms with Crippen LogP contribution in [0.5, 0.6) is 0 Å². The Balaban J connectivity index is 0.935. The van der Waals surface area contributed by atoms with Gasteiger partial charge in [0, 0.05) is 69.9 Å². The predicted molar refractivity (Wildman–Crippen MR) is 186 cm³/mol. The number of rotatable bonds is 10. The summed E-state index contributed by atoms with van der Waals surface area (Å²) in [7, 11) is 2.12. The van der Waals surface area contributed by atoms with Crippen LogP contribution in [0.15, 0.2) is 66.7 Å². The summed E-state index contributed by atoms with van der Waals surface area (Å²) in [5, 5.41) is 0. The zero-order chi connectivity index (χ0) is 31.9. The number of benzene rings is 3. The number of carbonyl (C=O) groups excluding carboxylic acids is 2. The number of Topliss-reactive ketones (excluding diaryl/α,β-unsaturated/α-hetero) is 1. The van der Waals surface area contributed by atoms with Gasteiger partial charge < -0.3 is 9.80 Å². The van der Waals surface area contributed by atoms with E-state index in [9.17, 15) is 9.59 Å². The highest BCUT2D eigenvalue weighted by molar-refractivity contribution is 5.96. The summed E-state index contributed by atoms with van der Waals surface area (Å²) in [6.07, 6.45) is 7.12. The highest BCUT2D eigenvalue weighted by atomic mass is 16.2. The Morgan fingerprint density at radius 3 is 2.13 bits per heavy atom. The first kappa shape index (κ1) is 32.6. The molecule has 0 N–H and O–H groups in total. The molecule has 244 valence electrons. The molecule has 0 bridgehead atoms. The summed E-state index contributed by atoms with van der Waals surface area (Å²) >= 11 is 0. The highest BCUT2D eigenvalue weighted by Gasteiger charge is 2.25. The quantitative estimate of drug-likeness (QED) is 0.251. The number of likely N-dealkylation sites (tertiary alicyclic amines) is 1. The summed E-state index contributed by atoms with van der Waals surface area (Å²) in [4.78, 5) is 35.9. The lowest BCUT2D eigenvalue weighted by molar-refractivity contribution is 0.0661. The second-order valence-corrected chi connectivity index (χ2v) is 14.0. The van der Waals surface area contributed by atoms with E-state index in [1.54, 1.807) is 0 Å². The lowest BCUT2D eigenvalue weighted by Gasteiger charge is -2.34. The molecule has 0 aliphatic carbocycles. The smallest absolute Gasteiger partial charge is 0.254 e. The van der Waals surface area contributed by atoms with Crippen LogP contribution in [0, 0.1) is 12.8 Å². The van der Waals surface area contributed by atoms with Crippen molar-refractivity contribution in [3.8, 4) is 0 Å². The number of amides is 1. The topological polar surface area (TPSA) is 47.1 Å². The Morgan fingerprint density at radius 2 is 1.37 bits per heavy atom. The fraction of sp³-hybridized carbons (Fsp3) is 0.500. The molecule has 2 fully saturated rings. The normalized spacial score (nSPS) is 18.7. The maximum absolute atomic E-state index is 13.3. The van der Waals surface area contributed by atoms with Crippen LogP contribution >= 0.6 is 0 Å². The molecule has 3 aliphatic heterocycles. The third kappa shape index (κ3) is 8.33. The number of nitrogens with zero attached hydrogens (tertiary/aromatic N) is 4. The first-order valence-corrected chi connectivity index (χ1v) is 17.6. The maximum Gasteiger partial charge on any atom is 0.254 e. The first-order chi connectivity index (χ1) is 22.4. The van der Waals surface area contributed by atoms with Crippen molar-refractivity contribution >= 4 is 11.7 Å². The molecular formula is C40H52N4O2. The number of piperidine rings is 1. The minimum Gasteiger partial charge on any atom is -0.336 e. The number of hydrogen-bond donors (Lipinski definition) is 0. The number of ketones is 1. The Morgan fingerprint density at radius 1 is 0.717 bits per heavy atom. The summed E-state index contributed by atoms with van der Waals surface area (Å²) in [6, 6.07) is 23.4. The van der Waals surface area contributed by atoms with E-state index >= 15 is 0 Å². The fourth-order valence-electron chi connectivity index (χ4n) is 7.55. The van der Waals surface area contributed by atoms with Crippen LogP contribution in [0.4, 0.5) is 0 Å². The molecular weight excluding hydrogens is 568 g/mol. The van der Waals surface area contributed by atoms with E-state index in [0.717, 1.165) is 108 Å². The SMILES string of the molecule is Cc1ccccc1CN1CCc2ccc(C(=O)CCCC3CCN(Cc4ccccc4C(=O)N4CCN(C)CC4)CC3)cc2CC1. The average Bonchev–Trinajstić information content (AvgIpc) is 3.28. The van der Waals surface area contributed by atoms with Gasteiger partial charge in [-0.15, -0.1) is 0 Å². The van der Waals surface area contributed by atoms with Gasteiger partial charge in [0.2, 0.25) is 0 Å². The van der Waals surface area contributed by atoms with Crippen molar-refractivity contribution in [3.63, 3.8) is 0 Å². The van der Waals surface area contributed by atoms with Gasteiger partial charge >= 0.3 is 0 Å². The zero-order valence-corrected chi connectivity index (χ0v) is 28.1. The molecule has 0 atom stereocenters. The molecule has 3 aromatic carbocycles. The molecule has 0 spiro atoms. The van der Waals surface area contributed by atoms with Gasteiger partial charge in [0.1, 0.15) is 0 Å². The van der Waals surface area contributed by atoms with Crippen LogP contribution in [-0.2, 0) is 25.9 Å². The monoisotopic (exact) mass is 620 g/mol. The minimum absolute atomic E-state index is 0.179. The highest BCUT2D eigenvalue weighted by Crippen LogP contribution is 2.26. The summed E-state index contributed by atoms with van der Waals surface area (Å²) in [6.45, 7) is 11.7. The number of piperazine rings is 1. The van der Waals surface area contributed by atoms with Crippen molar-refractivity contribution in [3.05, 3.63) is 106 Å². The van der Waals surface area contributed by atoms with E-state index in [1.165, 1.54) is 35.1 Å². The van der Waals surface area contributed by atoms with Gasteiger partial charge in [-0.3, -0.25) is 19.4 Å². The molecule has 3 aliphatic rings. The molecule has 0 saturated carbocycles. The first-order valence-electron chi connectivity index (χ1n) is 17.6. The lowest BCUT2D eigenvalue weighted by atomic mass is 9.90. The minimum atomic E-state index is 0.179. The molecule has 6 heteroatoms. The fourth-order valence-corrected chi connectivity index (χ4v) is 7.55. The average molecular weight is 621 g/mol. The third-order valence-electron chi connectivity index (χ3n) is 10.7. The van der Waals surface area contributed by atoms with Crippen LogP contribution < -0.4 is 0 Å². The van der Waals surface area contributed by atoms with Gasteiger partial charge in [0.15, 0.2) is 5.78 Å². The Labute approximate surface area is 276 Å². The van der Waals surface area contributed by atoms with Gasteiger partial charge in [-0.05, 0) is 111 Å². The third-order valence-corrected chi connectivity index (χ3v) is 10.7. The van der Waals surface area contributed by atoms with E-state index < -0.39 is 0 Å². The summed E-state index contributed by atoms with van der Waals surface area (Å²) in [5.74, 6) is 1.15. The number of fused-ring (bicyclic) bond motifs is 1. The lowest BCUT2D eigenvalue weighted by Crippen LogP contribution is -2.47. The van der Waals surface area contributed by atoms with Crippen molar-refractivity contribution in [2.45, 2.75) is 65.0 Å². The van der Waals surface area contributed by atoms with Crippen molar-refractivity contribution < 1.29 is 9.59 Å². The van der Waals surface area contributed by atoms with E-state index in [-0.39, 0.29) is 5.91 Å². The molecule has 46 heavy (non-hydrogen) atoms. The van der Waals surface area contributed by atoms with Crippen LogP contribution in [0.3, 0.4) is 0 Å². The Bertz CT molecular complexity index is 1490. The van der Waals surface area contributed by atoms with Gasteiger partial charge in [-0.25, -0.2) is 0 Å². The largest absolute Gasteiger partial charge is 0.336 e. The molecule has 0 unspecified atom stereocenters. The number of aryl methyl sites for hydroxylation is 1. The molecule has 2 saturated heterocycles. The molecule has 6 nitrogen and oxygen atoms in total. The van der Waals surface area contributed by atoms with Crippen LogP contribution in [0.25, 0.3) is 0 Å². The Kier molecular flexibility index (Phi) is 11.0. The number of carbonyl (C=O) groups is 2. The molecule has 6 rings (SSSR count). The maximum atomic E-state index is 13.3. The Hall–Kier alpha value is -3.32. The van der Waals surface area contributed by atoms with E-state index in [0.29, 0.717) is 18.1 Å². The molecule has 0 radical (unpaired) electrons. The van der Waals surface area contributed by atoms with Crippen molar-refractivity contribution in [1.82, 2.24) is 19.6 Å². The van der Waals surface area contributed by atoms with Crippen molar-refractivity contribution in [2.75, 3.05) is 59.4 Å². The van der Waals surface area contributed by atoms with Gasteiger partial charge in [0.05, 0.1) is 0 Å². The van der Waals surface area contributed by atoms with Crippen LogP contribution in [-0.4, -0.2) is 90.7 Å². The summed E-state index contributed by atoms with van der Waals surface area (Å²) < 4.78 is 0. The van der Waals surface area contributed by atoms with E-state index in [1.807, 2.05) is 17.0 Å². The summed E-state index contributed by atoms with van der Waals surface area (Å²) in [5.41, 5.74) is 8.44. The molecule has 1 amide bonds. The van der Waals surface area contributed by atoms with Gasteiger partial charge in [-0.2, -0.15) is 0 Å². The molecule has 3 heterocycles. The van der Waals surface area contributed by atoms with Crippen LogP contribution in [0.1, 0.15) is 80.6 Å². The zero-order valence-electron chi connectivity index (χ0n) is 28.1. The van der Waals surface area contributed by atoms with E-state index in [2.05, 4.69) is 83.3 Å². The number of likely N-dealkylation sites (N-methyl/N-ethyl adjacent to an activating group) is 1. The van der Waals surface area contributed by atoms with Crippen molar-refractivity contribution in [1.29, 1.82) is 0 Å². The van der Waals surface area contributed by atoms with Gasteiger partial charge in [0.25, 0.3) is 5.91 Å². The molecule has 0 aromatic heterocycles. The molecule has 3 aromatic rings. The van der Waals surface area contributed by atoms with Gasteiger partial charge in [-0.1, -0.05) is 54.6 Å². The predicted octanol–water partition coefficient (Wildman–Crippen LogP) is 6.25. The van der Waals surface area contributed by atoms with E-state index in [4.69, 9.17) is 0 Å². The van der Waals surface area contributed by atoms with Crippen LogP contribution in [0.2, 0.25) is 0 Å². The second kappa shape index (κ2) is 15.5. The van der Waals surface area contributed by atoms with Crippen molar-refractivity contribution in [2.24, 2.45) is 5.92 Å². The number of hydrogen-bond acceptors (Lipinski definition) is 5. The second-order valence-electron chi connectivity index (χ2n) is 14.0.